The largest absolute Gasteiger partial charge is 0.454 e. The molecule has 1 atom stereocenters. The maximum Gasteiger partial charge on any atom is 0.254 e. The number of fused-ring (bicyclic) bond motifs is 1. The van der Waals surface area contributed by atoms with Gasteiger partial charge in [-0.15, -0.1) is 0 Å². The highest BCUT2D eigenvalue weighted by Crippen LogP contribution is 2.33. The number of rotatable bonds is 3. The third-order valence-electron chi connectivity index (χ3n) is 3.88. The number of likely N-dealkylation sites (tertiary alicyclic amines) is 1. The third-order valence-corrected chi connectivity index (χ3v) is 3.88. The lowest BCUT2D eigenvalue weighted by molar-refractivity contribution is 0.0729. The first-order valence-electron chi connectivity index (χ1n) is 7.00. The zero-order chi connectivity index (χ0) is 13.2. The molecule has 2 aliphatic heterocycles. The van der Waals surface area contributed by atoms with Crippen LogP contribution in [0.2, 0.25) is 0 Å². The first-order valence-corrected chi connectivity index (χ1v) is 7.00. The predicted octanol–water partition coefficient (Wildman–Crippen LogP) is 2.82. The quantitative estimate of drug-likeness (QED) is 0.839. The molecule has 0 bridgehead atoms. The Balaban J connectivity index is 1.79. The number of carbonyl (C=O) groups excluding carboxylic acids is 1. The van der Waals surface area contributed by atoms with Crippen LogP contribution in [0.1, 0.15) is 43.0 Å². The van der Waals surface area contributed by atoms with E-state index in [0.29, 0.717) is 17.4 Å². The fourth-order valence-electron chi connectivity index (χ4n) is 2.93. The number of benzene rings is 1. The van der Waals surface area contributed by atoms with Gasteiger partial charge in [0.15, 0.2) is 11.5 Å². The molecule has 1 amide bonds. The van der Waals surface area contributed by atoms with E-state index in [1.807, 2.05) is 17.0 Å². The molecule has 0 N–H and O–H groups in total. The van der Waals surface area contributed by atoms with Crippen LogP contribution in [0.5, 0.6) is 11.5 Å². The Hall–Kier alpha value is -1.71. The van der Waals surface area contributed by atoms with E-state index in [2.05, 4.69) is 6.92 Å². The monoisotopic (exact) mass is 261 g/mol. The highest BCUT2D eigenvalue weighted by atomic mass is 16.7. The average Bonchev–Trinajstić information content (AvgIpc) is 3.05. The molecular formula is C15H19NO3. The van der Waals surface area contributed by atoms with Gasteiger partial charge in [-0.05, 0) is 37.5 Å². The van der Waals surface area contributed by atoms with E-state index in [0.717, 1.165) is 38.0 Å². The van der Waals surface area contributed by atoms with Crippen molar-refractivity contribution in [3.05, 3.63) is 23.8 Å². The van der Waals surface area contributed by atoms with Crippen molar-refractivity contribution in [2.75, 3.05) is 13.3 Å². The third kappa shape index (κ3) is 2.27. The Morgan fingerprint density at radius 3 is 3.05 bits per heavy atom. The normalized spacial score (nSPS) is 20.9. The van der Waals surface area contributed by atoms with Crippen LogP contribution in [0.15, 0.2) is 18.2 Å². The van der Waals surface area contributed by atoms with E-state index in [-0.39, 0.29) is 12.7 Å². The summed E-state index contributed by atoms with van der Waals surface area (Å²) in [6, 6.07) is 5.85. The molecule has 102 valence electrons. The number of nitrogens with zero attached hydrogens (tertiary/aromatic N) is 1. The van der Waals surface area contributed by atoms with Crippen molar-refractivity contribution in [1.29, 1.82) is 0 Å². The van der Waals surface area contributed by atoms with E-state index in [9.17, 15) is 4.79 Å². The molecule has 1 aromatic rings. The molecule has 4 nitrogen and oxygen atoms in total. The Morgan fingerprint density at radius 2 is 2.21 bits per heavy atom. The first kappa shape index (κ1) is 12.3. The highest BCUT2D eigenvalue weighted by molar-refractivity contribution is 5.95. The molecule has 2 heterocycles. The van der Waals surface area contributed by atoms with Crippen molar-refractivity contribution in [2.45, 2.75) is 38.6 Å². The topological polar surface area (TPSA) is 38.8 Å². The Kier molecular flexibility index (Phi) is 3.32. The van der Waals surface area contributed by atoms with Gasteiger partial charge in [0.05, 0.1) is 0 Å². The van der Waals surface area contributed by atoms with Gasteiger partial charge in [0.2, 0.25) is 6.79 Å². The number of ether oxygens (including phenoxy) is 2. The standard InChI is InChI=1S/C15H19NO3/c1-2-4-12-5-3-8-16(12)15(17)11-6-7-13-14(9-11)19-10-18-13/h6-7,9,12H,2-5,8,10H2,1H3. The summed E-state index contributed by atoms with van der Waals surface area (Å²) in [5.41, 5.74) is 0.701. The number of amides is 1. The summed E-state index contributed by atoms with van der Waals surface area (Å²) in [5, 5.41) is 0. The van der Waals surface area contributed by atoms with Crippen molar-refractivity contribution in [3.63, 3.8) is 0 Å². The van der Waals surface area contributed by atoms with Gasteiger partial charge in [-0.1, -0.05) is 13.3 Å². The lowest BCUT2D eigenvalue weighted by Gasteiger charge is -2.24. The van der Waals surface area contributed by atoms with Crippen LogP contribution in [0.25, 0.3) is 0 Å². The minimum atomic E-state index is 0.120. The number of hydrogen-bond acceptors (Lipinski definition) is 3. The van der Waals surface area contributed by atoms with Gasteiger partial charge in [0.25, 0.3) is 5.91 Å². The molecule has 19 heavy (non-hydrogen) atoms. The molecular weight excluding hydrogens is 242 g/mol. The van der Waals surface area contributed by atoms with Gasteiger partial charge in [0.1, 0.15) is 0 Å². The Labute approximate surface area is 113 Å². The fourth-order valence-corrected chi connectivity index (χ4v) is 2.93. The second-order valence-corrected chi connectivity index (χ2v) is 5.15. The van der Waals surface area contributed by atoms with Crippen LogP contribution in [0.3, 0.4) is 0 Å². The Morgan fingerprint density at radius 1 is 1.37 bits per heavy atom. The molecule has 0 aromatic heterocycles. The van der Waals surface area contributed by atoms with Gasteiger partial charge in [-0.25, -0.2) is 0 Å². The lowest BCUT2D eigenvalue weighted by Crippen LogP contribution is -2.35. The molecule has 1 aromatic carbocycles. The summed E-state index contributed by atoms with van der Waals surface area (Å²) in [6.07, 6.45) is 4.46. The molecule has 0 aliphatic carbocycles. The highest BCUT2D eigenvalue weighted by Gasteiger charge is 2.29. The van der Waals surface area contributed by atoms with E-state index >= 15 is 0 Å². The van der Waals surface area contributed by atoms with Crippen LogP contribution in [0, 0.1) is 0 Å². The van der Waals surface area contributed by atoms with E-state index in [1.165, 1.54) is 0 Å². The zero-order valence-electron chi connectivity index (χ0n) is 11.2. The predicted molar refractivity (Wildman–Crippen MR) is 71.5 cm³/mol. The average molecular weight is 261 g/mol. The second kappa shape index (κ2) is 5.11. The lowest BCUT2D eigenvalue weighted by atomic mass is 10.1. The summed E-state index contributed by atoms with van der Waals surface area (Å²) in [6.45, 7) is 3.29. The number of carbonyl (C=O) groups is 1. The van der Waals surface area contributed by atoms with Crippen LogP contribution < -0.4 is 9.47 Å². The molecule has 1 fully saturated rings. The summed E-state index contributed by atoms with van der Waals surface area (Å²) in [5.74, 6) is 1.52. The van der Waals surface area contributed by atoms with Crippen LogP contribution in [0.4, 0.5) is 0 Å². The van der Waals surface area contributed by atoms with Gasteiger partial charge >= 0.3 is 0 Å². The Bertz CT molecular complexity index is 486. The van der Waals surface area contributed by atoms with Crippen LogP contribution in [-0.2, 0) is 0 Å². The van der Waals surface area contributed by atoms with E-state index < -0.39 is 0 Å². The molecule has 2 aliphatic rings. The second-order valence-electron chi connectivity index (χ2n) is 5.15. The molecule has 0 spiro atoms. The molecule has 1 saturated heterocycles. The summed E-state index contributed by atoms with van der Waals surface area (Å²) in [7, 11) is 0. The first-order chi connectivity index (χ1) is 9.29. The van der Waals surface area contributed by atoms with Crippen molar-refractivity contribution in [2.24, 2.45) is 0 Å². The molecule has 4 heteroatoms. The van der Waals surface area contributed by atoms with Crippen molar-refractivity contribution < 1.29 is 14.3 Å². The molecule has 3 rings (SSSR count). The molecule has 0 saturated carbocycles. The minimum Gasteiger partial charge on any atom is -0.454 e. The van der Waals surface area contributed by atoms with E-state index in [1.54, 1.807) is 6.07 Å². The molecule has 0 radical (unpaired) electrons. The smallest absolute Gasteiger partial charge is 0.254 e. The summed E-state index contributed by atoms with van der Waals surface area (Å²) >= 11 is 0. The summed E-state index contributed by atoms with van der Waals surface area (Å²) in [4.78, 5) is 14.6. The van der Waals surface area contributed by atoms with Gasteiger partial charge < -0.3 is 14.4 Å². The van der Waals surface area contributed by atoms with Crippen molar-refractivity contribution in [3.8, 4) is 11.5 Å². The van der Waals surface area contributed by atoms with Gasteiger partial charge in [0, 0.05) is 18.2 Å². The van der Waals surface area contributed by atoms with Gasteiger partial charge in [-0.3, -0.25) is 4.79 Å². The molecule has 1 unspecified atom stereocenters. The van der Waals surface area contributed by atoms with Crippen molar-refractivity contribution in [1.82, 2.24) is 4.90 Å². The maximum absolute atomic E-state index is 12.6. The van der Waals surface area contributed by atoms with Crippen molar-refractivity contribution >= 4 is 5.91 Å². The fraction of sp³-hybridized carbons (Fsp3) is 0.533. The SMILES string of the molecule is CCCC1CCCN1C(=O)c1ccc2c(c1)OCO2. The zero-order valence-corrected chi connectivity index (χ0v) is 11.2. The van der Waals surface area contributed by atoms with Gasteiger partial charge in [-0.2, -0.15) is 0 Å². The van der Waals surface area contributed by atoms with E-state index in [4.69, 9.17) is 9.47 Å². The summed E-state index contributed by atoms with van der Waals surface area (Å²) < 4.78 is 10.6. The maximum atomic E-state index is 12.6. The van der Waals surface area contributed by atoms with Crippen LogP contribution >= 0.6 is 0 Å². The minimum absolute atomic E-state index is 0.120. The number of hydrogen-bond donors (Lipinski definition) is 0. The van der Waals surface area contributed by atoms with Crippen LogP contribution in [-0.4, -0.2) is 30.2 Å².